The highest BCUT2D eigenvalue weighted by Gasteiger charge is 2.14. The molecule has 4 heteroatoms. The van der Waals surface area contributed by atoms with Gasteiger partial charge in [-0.05, 0) is 43.5 Å². The standard InChI is InChI=1S/C14H18O4/c1-16-14(15)11-5-7-12(8-6-11)18-10-13-4-2-3-9-17-13/h5-8,13H,2-4,9-10H2,1H3/t13-/m0/s1. The maximum atomic E-state index is 11.2. The van der Waals surface area contributed by atoms with Crippen LogP contribution in [0, 0.1) is 0 Å². The highest BCUT2D eigenvalue weighted by atomic mass is 16.5. The van der Waals surface area contributed by atoms with Crippen molar-refractivity contribution in [1.82, 2.24) is 0 Å². The summed E-state index contributed by atoms with van der Waals surface area (Å²) in [6.45, 7) is 1.40. The van der Waals surface area contributed by atoms with Crippen LogP contribution in [0.15, 0.2) is 24.3 Å². The molecule has 98 valence electrons. The Balaban J connectivity index is 1.84. The molecular weight excluding hydrogens is 232 g/mol. The van der Waals surface area contributed by atoms with Gasteiger partial charge in [0, 0.05) is 6.61 Å². The van der Waals surface area contributed by atoms with Gasteiger partial charge in [-0.15, -0.1) is 0 Å². The zero-order valence-electron chi connectivity index (χ0n) is 10.6. The molecule has 1 aliphatic heterocycles. The van der Waals surface area contributed by atoms with Crippen LogP contribution in [0.2, 0.25) is 0 Å². The lowest BCUT2D eigenvalue weighted by Crippen LogP contribution is -2.25. The Morgan fingerprint density at radius 2 is 2.11 bits per heavy atom. The van der Waals surface area contributed by atoms with Gasteiger partial charge in [0.1, 0.15) is 12.4 Å². The SMILES string of the molecule is COC(=O)c1ccc(OC[C@@H]2CCCCO2)cc1. The van der Waals surface area contributed by atoms with E-state index in [-0.39, 0.29) is 12.1 Å². The third kappa shape index (κ3) is 3.47. The molecule has 1 fully saturated rings. The van der Waals surface area contributed by atoms with Crippen molar-refractivity contribution in [2.24, 2.45) is 0 Å². The van der Waals surface area contributed by atoms with Crippen molar-refractivity contribution >= 4 is 5.97 Å². The number of benzene rings is 1. The number of carbonyl (C=O) groups excluding carboxylic acids is 1. The summed E-state index contributed by atoms with van der Waals surface area (Å²) in [5.74, 6) is 0.411. The summed E-state index contributed by atoms with van der Waals surface area (Å²) < 4.78 is 15.8. The predicted molar refractivity (Wildman–Crippen MR) is 66.9 cm³/mol. The molecule has 1 atom stereocenters. The molecular formula is C14H18O4. The zero-order valence-corrected chi connectivity index (χ0v) is 10.6. The number of hydrogen-bond acceptors (Lipinski definition) is 4. The van der Waals surface area contributed by atoms with Gasteiger partial charge in [-0.25, -0.2) is 4.79 Å². The Morgan fingerprint density at radius 1 is 1.33 bits per heavy atom. The van der Waals surface area contributed by atoms with Crippen LogP contribution >= 0.6 is 0 Å². The Kier molecular flexibility index (Phi) is 4.59. The van der Waals surface area contributed by atoms with Crippen LogP contribution in [0.5, 0.6) is 5.75 Å². The van der Waals surface area contributed by atoms with Crippen LogP contribution in [0.25, 0.3) is 0 Å². The Labute approximate surface area is 107 Å². The van der Waals surface area contributed by atoms with Crippen molar-refractivity contribution < 1.29 is 19.0 Å². The predicted octanol–water partition coefficient (Wildman–Crippen LogP) is 2.42. The van der Waals surface area contributed by atoms with Gasteiger partial charge < -0.3 is 14.2 Å². The summed E-state index contributed by atoms with van der Waals surface area (Å²) in [4.78, 5) is 11.2. The first kappa shape index (κ1) is 12.9. The third-order valence-corrected chi connectivity index (χ3v) is 2.99. The van der Waals surface area contributed by atoms with Crippen LogP contribution in [0.3, 0.4) is 0 Å². The number of carbonyl (C=O) groups is 1. The Hall–Kier alpha value is -1.55. The summed E-state index contributed by atoms with van der Waals surface area (Å²) in [5, 5.41) is 0. The molecule has 1 aromatic carbocycles. The fourth-order valence-corrected chi connectivity index (χ4v) is 1.93. The second kappa shape index (κ2) is 6.40. The number of hydrogen-bond donors (Lipinski definition) is 0. The molecule has 4 nitrogen and oxygen atoms in total. The van der Waals surface area contributed by atoms with Gasteiger partial charge in [0.2, 0.25) is 0 Å². The van der Waals surface area contributed by atoms with Crippen LogP contribution in [-0.2, 0) is 9.47 Å². The van der Waals surface area contributed by atoms with Crippen molar-refractivity contribution in [3.63, 3.8) is 0 Å². The van der Waals surface area contributed by atoms with Crippen molar-refractivity contribution in [3.05, 3.63) is 29.8 Å². The average molecular weight is 250 g/mol. The quantitative estimate of drug-likeness (QED) is 0.770. The minimum Gasteiger partial charge on any atom is -0.491 e. The van der Waals surface area contributed by atoms with Crippen LogP contribution in [-0.4, -0.2) is 32.4 Å². The molecule has 0 N–H and O–H groups in total. The fraction of sp³-hybridized carbons (Fsp3) is 0.500. The smallest absolute Gasteiger partial charge is 0.337 e. The molecule has 0 unspecified atom stereocenters. The fourth-order valence-electron chi connectivity index (χ4n) is 1.93. The molecule has 18 heavy (non-hydrogen) atoms. The highest BCUT2D eigenvalue weighted by Crippen LogP contribution is 2.16. The number of rotatable bonds is 4. The first-order valence-corrected chi connectivity index (χ1v) is 6.22. The molecule has 0 radical (unpaired) electrons. The molecule has 1 aromatic rings. The summed E-state index contributed by atoms with van der Waals surface area (Å²) in [6.07, 6.45) is 3.60. The van der Waals surface area contributed by atoms with Crippen LogP contribution < -0.4 is 4.74 Å². The molecule has 1 aliphatic rings. The second-order valence-electron chi connectivity index (χ2n) is 4.32. The molecule has 2 rings (SSSR count). The molecule has 0 bridgehead atoms. The largest absolute Gasteiger partial charge is 0.491 e. The summed E-state index contributed by atoms with van der Waals surface area (Å²) in [6, 6.07) is 6.94. The van der Waals surface area contributed by atoms with Gasteiger partial charge in [0.25, 0.3) is 0 Å². The molecule has 0 saturated carbocycles. The normalized spacial score (nSPS) is 19.3. The van der Waals surface area contributed by atoms with Crippen molar-refractivity contribution in [2.75, 3.05) is 20.3 Å². The lowest BCUT2D eigenvalue weighted by atomic mass is 10.1. The van der Waals surface area contributed by atoms with E-state index in [0.717, 1.165) is 25.2 Å². The first-order chi connectivity index (χ1) is 8.79. The van der Waals surface area contributed by atoms with Crippen LogP contribution in [0.1, 0.15) is 29.6 Å². The van der Waals surface area contributed by atoms with E-state index in [9.17, 15) is 4.79 Å². The maximum Gasteiger partial charge on any atom is 0.337 e. The van der Waals surface area contributed by atoms with E-state index in [1.54, 1.807) is 24.3 Å². The van der Waals surface area contributed by atoms with E-state index in [2.05, 4.69) is 4.74 Å². The Morgan fingerprint density at radius 3 is 2.72 bits per heavy atom. The van der Waals surface area contributed by atoms with E-state index in [1.807, 2.05) is 0 Å². The summed E-state index contributed by atoms with van der Waals surface area (Å²) >= 11 is 0. The Bertz CT molecular complexity index is 379. The van der Waals surface area contributed by atoms with Crippen LogP contribution in [0.4, 0.5) is 0 Å². The third-order valence-electron chi connectivity index (χ3n) is 2.99. The maximum absolute atomic E-state index is 11.2. The van der Waals surface area contributed by atoms with E-state index in [0.29, 0.717) is 12.2 Å². The van der Waals surface area contributed by atoms with Gasteiger partial charge in [-0.2, -0.15) is 0 Å². The molecule has 0 spiro atoms. The highest BCUT2D eigenvalue weighted by molar-refractivity contribution is 5.89. The zero-order chi connectivity index (χ0) is 12.8. The monoisotopic (exact) mass is 250 g/mol. The van der Waals surface area contributed by atoms with Gasteiger partial charge in [0.15, 0.2) is 0 Å². The number of ether oxygens (including phenoxy) is 3. The number of esters is 1. The molecule has 1 saturated heterocycles. The van der Waals surface area contributed by atoms with Crippen molar-refractivity contribution in [3.8, 4) is 5.75 Å². The lowest BCUT2D eigenvalue weighted by molar-refractivity contribution is -0.0110. The minimum absolute atomic E-state index is 0.194. The van der Waals surface area contributed by atoms with E-state index >= 15 is 0 Å². The second-order valence-corrected chi connectivity index (χ2v) is 4.32. The van der Waals surface area contributed by atoms with E-state index in [1.165, 1.54) is 13.5 Å². The van der Waals surface area contributed by atoms with Gasteiger partial charge >= 0.3 is 5.97 Å². The molecule has 0 aliphatic carbocycles. The van der Waals surface area contributed by atoms with E-state index in [4.69, 9.17) is 9.47 Å². The number of methoxy groups -OCH3 is 1. The topological polar surface area (TPSA) is 44.8 Å². The van der Waals surface area contributed by atoms with Gasteiger partial charge in [0.05, 0.1) is 18.8 Å². The van der Waals surface area contributed by atoms with Crippen molar-refractivity contribution in [2.45, 2.75) is 25.4 Å². The summed E-state index contributed by atoms with van der Waals surface area (Å²) in [5.41, 5.74) is 0.527. The van der Waals surface area contributed by atoms with Gasteiger partial charge in [-0.3, -0.25) is 0 Å². The lowest BCUT2D eigenvalue weighted by Gasteiger charge is -2.22. The molecule has 0 aromatic heterocycles. The molecule has 0 amide bonds. The first-order valence-electron chi connectivity index (χ1n) is 6.22. The molecule has 1 heterocycles. The minimum atomic E-state index is -0.336. The van der Waals surface area contributed by atoms with E-state index < -0.39 is 0 Å². The van der Waals surface area contributed by atoms with Crippen molar-refractivity contribution in [1.29, 1.82) is 0 Å². The van der Waals surface area contributed by atoms with Gasteiger partial charge in [-0.1, -0.05) is 0 Å². The summed E-state index contributed by atoms with van der Waals surface area (Å²) in [7, 11) is 1.37. The average Bonchev–Trinajstić information content (AvgIpc) is 2.46.